The Hall–Kier alpha value is -2.67. The van der Waals surface area contributed by atoms with Gasteiger partial charge >= 0.3 is 6.09 Å². The number of nitrogens with one attached hydrogen (secondary N) is 1. The molecule has 0 radical (unpaired) electrons. The summed E-state index contributed by atoms with van der Waals surface area (Å²) in [6.45, 7) is 5.65. The van der Waals surface area contributed by atoms with E-state index in [0.717, 1.165) is 0 Å². The Morgan fingerprint density at radius 3 is 2.43 bits per heavy atom. The van der Waals surface area contributed by atoms with Gasteiger partial charge in [0.15, 0.2) is 0 Å². The van der Waals surface area contributed by atoms with Crippen LogP contribution in [-0.2, 0) is 6.54 Å². The summed E-state index contributed by atoms with van der Waals surface area (Å²) >= 11 is 0. The fourth-order valence-electron chi connectivity index (χ4n) is 3.29. The number of piperidine rings is 1. The molecule has 1 saturated heterocycles. The monoisotopic (exact) mass is 418 g/mol. The Kier molecular flexibility index (Phi) is 7.63. The summed E-state index contributed by atoms with van der Waals surface area (Å²) < 4.78 is 39.0. The molecule has 0 unspecified atom stereocenters. The first-order valence-corrected chi connectivity index (χ1v) is 10.2. The molecule has 1 N–H and O–H groups in total. The summed E-state index contributed by atoms with van der Waals surface area (Å²) in [5.41, 5.74) is 0.705. The van der Waals surface area contributed by atoms with Crippen LogP contribution in [0.4, 0.5) is 13.6 Å². The number of alkyl halides is 1. The quantitative estimate of drug-likeness (QED) is 0.716. The molecule has 1 aliphatic rings. The minimum atomic E-state index is -1.21. The molecular weight excluding hydrogens is 390 g/mol. The molecule has 0 spiro atoms. The second kappa shape index (κ2) is 10.4. The lowest BCUT2D eigenvalue weighted by molar-refractivity contribution is 0.0742. The van der Waals surface area contributed by atoms with Crippen molar-refractivity contribution in [3.05, 3.63) is 59.9 Å². The van der Waals surface area contributed by atoms with E-state index in [9.17, 15) is 13.6 Å². The fourth-order valence-corrected chi connectivity index (χ4v) is 3.29. The molecule has 162 valence electrons. The molecule has 30 heavy (non-hydrogen) atoms. The van der Waals surface area contributed by atoms with Gasteiger partial charge in [0.05, 0.1) is 12.6 Å². The van der Waals surface area contributed by atoms with Crippen molar-refractivity contribution in [1.82, 2.24) is 10.2 Å². The van der Waals surface area contributed by atoms with Crippen molar-refractivity contribution >= 4 is 6.09 Å². The molecule has 0 aliphatic carbocycles. The molecule has 1 amide bonds. The molecular formula is C23H28F2N2O3. The lowest BCUT2D eigenvalue weighted by Crippen LogP contribution is -2.53. The first-order valence-electron chi connectivity index (χ1n) is 10.2. The SMILES string of the molecule is CC(C)COc1ccc(OC(=O)N(Cc2ccc(F)cc2)[C@@H]2CCNC[C@@H]2F)cc1. The Morgan fingerprint density at radius 1 is 1.13 bits per heavy atom. The summed E-state index contributed by atoms with van der Waals surface area (Å²) in [5.74, 6) is 1.08. The standard InChI is InChI=1S/C23H28F2N2O3/c1-16(2)15-29-19-7-9-20(10-8-19)30-23(28)27(22-11-12-26-13-21(22)25)14-17-3-5-18(24)6-4-17/h3-10,16,21-22,26H,11-15H2,1-2H3/t21-,22+/m0/s1. The number of carbonyl (C=O) groups is 1. The second-order valence-electron chi connectivity index (χ2n) is 7.87. The summed E-state index contributed by atoms with van der Waals surface area (Å²) in [5, 5.41) is 2.99. The number of halogens is 2. The average molecular weight is 418 g/mol. The maximum absolute atomic E-state index is 14.6. The lowest BCUT2D eigenvalue weighted by atomic mass is 10.0. The van der Waals surface area contributed by atoms with Crippen LogP contribution in [0.1, 0.15) is 25.8 Å². The number of hydrogen-bond acceptors (Lipinski definition) is 4. The number of ether oxygens (including phenoxy) is 2. The van der Waals surface area contributed by atoms with Gasteiger partial charge in [-0.2, -0.15) is 0 Å². The molecule has 2 aromatic carbocycles. The number of nitrogens with zero attached hydrogens (tertiary/aromatic N) is 1. The van der Waals surface area contributed by atoms with E-state index in [4.69, 9.17) is 9.47 Å². The van der Waals surface area contributed by atoms with Gasteiger partial charge in [-0.05, 0) is 60.8 Å². The summed E-state index contributed by atoms with van der Waals surface area (Å²) in [6, 6.07) is 12.0. The van der Waals surface area contributed by atoms with Crippen molar-refractivity contribution in [2.45, 2.75) is 39.0 Å². The number of rotatable bonds is 7. The van der Waals surface area contributed by atoms with Crippen LogP contribution < -0.4 is 14.8 Å². The smallest absolute Gasteiger partial charge is 0.415 e. The van der Waals surface area contributed by atoms with Crippen molar-refractivity contribution < 1.29 is 23.0 Å². The Labute approximate surface area is 176 Å². The zero-order valence-electron chi connectivity index (χ0n) is 17.3. The maximum atomic E-state index is 14.6. The molecule has 2 aromatic rings. The van der Waals surface area contributed by atoms with Gasteiger partial charge in [0.1, 0.15) is 23.5 Å². The van der Waals surface area contributed by atoms with Gasteiger partial charge in [-0.15, -0.1) is 0 Å². The van der Waals surface area contributed by atoms with Crippen molar-refractivity contribution in [3.63, 3.8) is 0 Å². The van der Waals surface area contributed by atoms with Gasteiger partial charge in [-0.25, -0.2) is 13.6 Å². The van der Waals surface area contributed by atoms with Crippen LogP contribution in [0.2, 0.25) is 0 Å². The van der Waals surface area contributed by atoms with Gasteiger partial charge in [-0.3, -0.25) is 4.90 Å². The van der Waals surface area contributed by atoms with Crippen molar-refractivity contribution in [3.8, 4) is 11.5 Å². The van der Waals surface area contributed by atoms with Crippen LogP contribution in [0.3, 0.4) is 0 Å². The molecule has 0 bridgehead atoms. The fraction of sp³-hybridized carbons (Fsp3) is 0.435. The first-order chi connectivity index (χ1) is 14.4. The summed E-state index contributed by atoms with van der Waals surface area (Å²) in [4.78, 5) is 14.3. The highest BCUT2D eigenvalue weighted by molar-refractivity contribution is 5.71. The molecule has 5 nitrogen and oxygen atoms in total. The van der Waals surface area contributed by atoms with Gasteiger partial charge in [0.2, 0.25) is 0 Å². The predicted octanol–water partition coefficient (Wildman–Crippen LogP) is 4.56. The molecule has 3 rings (SSSR count). The number of amides is 1. The highest BCUT2D eigenvalue weighted by atomic mass is 19.1. The normalized spacial score (nSPS) is 18.8. The van der Waals surface area contributed by atoms with E-state index in [0.29, 0.717) is 42.6 Å². The third-order valence-electron chi connectivity index (χ3n) is 4.89. The van der Waals surface area contributed by atoms with E-state index < -0.39 is 18.3 Å². The Morgan fingerprint density at radius 2 is 1.80 bits per heavy atom. The van der Waals surface area contributed by atoms with E-state index in [-0.39, 0.29) is 18.9 Å². The highest BCUT2D eigenvalue weighted by Gasteiger charge is 2.34. The van der Waals surface area contributed by atoms with E-state index in [2.05, 4.69) is 19.2 Å². The van der Waals surface area contributed by atoms with E-state index in [1.165, 1.54) is 17.0 Å². The zero-order valence-corrected chi connectivity index (χ0v) is 17.3. The molecule has 0 saturated carbocycles. The molecule has 1 fully saturated rings. The molecule has 2 atom stereocenters. The molecule has 7 heteroatoms. The van der Waals surface area contributed by atoms with Gasteiger partial charge in [0.25, 0.3) is 0 Å². The topological polar surface area (TPSA) is 50.8 Å². The number of benzene rings is 2. The van der Waals surface area contributed by atoms with Gasteiger partial charge in [-0.1, -0.05) is 26.0 Å². The molecule has 0 aromatic heterocycles. The zero-order chi connectivity index (χ0) is 21.5. The van der Waals surface area contributed by atoms with E-state index in [1.54, 1.807) is 36.4 Å². The van der Waals surface area contributed by atoms with Crippen LogP contribution >= 0.6 is 0 Å². The number of carbonyl (C=O) groups excluding carboxylic acids is 1. The highest BCUT2D eigenvalue weighted by Crippen LogP contribution is 2.23. The van der Waals surface area contributed by atoms with E-state index >= 15 is 0 Å². The maximum Gasteiger partial charge on any atom is 0.415 e. The largest absolute Gasteiger partial charge is 0.493 e. The van der Waals surface area contributed by atoms with Crippen molar-refractivity contribution in [1.29, 1.82) is 0 Å². The number of hydrogen-bond donors (Lipinski definition) is 1. The van der Waals surface area contributed by atoms with Crippen LogP contribution in [-0.4, -0.2) is 42.9 Å². The third-order valence-corrected chi connectivity index (χ3v) is 4.89. The molecule has 1 heterocycles. The first kappa shape index (κ1) is 22.0. The third kappa shape index (κ3) is 6.16. The van der Waals surface area contributed by atoms with Crippen LogP contribution in [0, 0.1) is 11.7 Å². The van der Waals surface area contributed by atoms with Crippen LogP contribution in [0.5, 0.6) is 11.5 Å². The second-order valence-corrected chi connectivity index (χ2v) is 7.87. The van der Waals surface area contributed by atoms with Crippen molar-refractivity contribution in [2.24, 2.45) is 5.92 Å². The predicted molar refractivity (Wildman–Crippen MR) is 111 cm³/mol. The van der Waals surface area contributed by atoms with Gasteiger partial charge in [0, 0.05) is 13.1 Å². The Bertz CT molecular complexity index is 812. The average Bonchev–Trinajstić information content (AvgIpc) is 2.73. The van der Waals surface area contributed by atoms with Crippen LogP contribution in [0.25, 0.3) is 0 Å². The molecule has 1 aliphatic heterocycles. The Balaban J connectivity index is 1.71. The minimum Gasteiger partial charge on any atom is -0.493 e. The summed E-state index contributed by atoms with van der Waals surface area (Å²) in [7, 11) is 0. The van der Waals surface area contributed by atoms with Crippen molar-refractivity contribution in [2.75, 3.05) is 19.7 Å². The van der Waals surface area contributed by atoms with Gasteiger partial charge < -0.3 is 14.8 Å². The van der Waals surface area contributed by atoms with E-state index in [1.807, 2.05) is 0 Å². The minimum absolute atomic E-state index is 0.139. The lowest BCUT2D eigenvalue weighted by Gasteiger charge is -2.36. The van der Waals surface area contributed by atoms with Crippen LogP contribution in [0.15, 0.2) is 48.5 Å². The summed E-state index contributed by atoms with van der Waals surface area (Å²) in [6.07, 6.45) is -1.37.